The fourth-order valence-electron chi connectivity index (χ4n) is 1.74. The molecule has 0 radical (unpaired) electrons. The molecule has 0 heterocycles. The van der Waals surface area contributed by atoms with Crippen LogP contribution < -0.4 is 11.1 Å². The number of carboxylic acids is 1. The number of hydrogen-bond acceptors (Lipinski definition) is 3. The van der Waals surface area contributed by atoms with Gasteiger partial charge in [-0.15, -0.1) is 0 Å². The predicted octanol–water partition coefficient (Wildman–Crippen LogP) is 3.34. The zero-order valence-electron chi connectivity index (χ0n) is 10.1. The van der Waals surface area contributed by atoms with Gasteiger partial charge in [-0.3, -0.25) is 0 Å². The normalized spacial score (nSPS) is 10.2. The van der Waals surface area contributed by atoms with Gasteiger partial charge in [-0.1, -0.05) is 34.1 Å². The molecule has 0 aromatic heterocycles. The van der Waals surface area contributed by atoms with Gasteiger partial charge in [-0.25, -0.2) is 4.79 Å². The first-order chi connectivity index (χ1) is 9.08. The number of anilines is 2. The Morgan fingerprint density at radius 2 is 1.89 bits per heavy atom. The molecule has 0 aliphatic heterocycles. The van der Waals surface area contributed by atoms with Crippen molar-refractivity contribution >= 4 is 33.3 Å². The molecule has 0 aliphatic carbocycles. The summed E-state index contributed by atoms with van der Waals surface area (Å²) in [7, 11) is 0. The van der Waals surface area contributed by atoms with Gasteiger partial charge in [0.25, 0.3) is 0 Å². The fourth-order valence-corrected chi connectivity index (χ4v) is 2.00. The van der Waals surface area contributed by atoms with Gasteiger partial charge in [0.15, 0.2) is 0 Å². The van der Waals surface area contributed by atoms with Crippen LogP contribution in [0, 0.1) is 0 Å². The standard InChI is InChI=1S/C14H13BrN2O2/c15-10-6-4-9(5-7-10)8-17-13-11(14(18)19)2-1-3-12(13)16/h1-7,17H,8,16H2,(H,18,19). The molecular weight excluding hydrogens is 308 g/mol. The first-order valence-electron chi connectivity index (χ1n) is 5.68. The Kier molecular flexibility index (Phi) is 4.06. The summed E-state index contributed by atoms with van der Waals surface area (Å²) in [6, 6.07) is 12.6. The topological polar surface area (TPSA) is 75.4 Å². The van der Waals surface area contributed by atoms with Gasteiger partial charge >= 0.3 is 5.97 Å². The fraction of sp³-hybridized carbons (Fsp3) is 0.0714. The Bertz CT molecular complexity index is 597. The number of rotatable bonds is 4. The van der Waals surface area contributed by atoms with Crippen LogP contribution in [-0.2, 0) is 6.54 Å². The van der Waals surface area contributed by atoms with E-state index >= 15 is 0 Å². The third-order valence-electron chi connectivity index (χ3n) is 2.71. The number of nitrogen functional groups attached to an aromatic ring is 1. The van der Waals surface area contributed by atoms with Crippen LogP contribution in [0.15, 0.2) is 46.9 Å². The van der Waals surface area contributed by atoms with Crippen molar-refractivity contribution in [3.63, 3.8) is 0 Å². The second-order valence-corrected chi connectivity index (χ2v) is 4.97. The van der Waals surface area contributed by atoms with E-state index < -0.39 is 5.97 Å². The molecular formula is C14H13BrN2O2. The highest BCUT2D eigenvalue weighted by molar-refractivity contribution is 9.10. The van der Waals surface area contributed by atoms with Crippen LogP contribution in [0.4, 0.5) is 11.4 Å². The van der Waals surface area contributed by atoms with Crippen LogP contribution in [0.1, 0.15) is 15.9 Å². The summed E-state index contributed by atoms with van der Waals surface area (Å²) in [4.78, 5) is 11.1. The van der Waals surface area contributed by atoms with Gasteiger partial charge in [-0.2, -0.15) is 0 Å². The minimum atomic E-state index is -0.995. The van der Waals surface area contributed by atoms with Crippen molar-refractivity contribution in [3.05, 3.63) is 58.1 Å². The largest absolute Gasteiger partial charge is 0.478 e. The Morgan fingerprint density at radius 3 is 2.53 bits per heavy atom. The SMILES string of the molecule is Nc1cccc(C(=O)O)c1NCc1ccc(Br)cc1. The summed E-state index contributed by atoms with van der Waals surface area (Å²) >= 11 is 3.37. The van der Waals surface area contributed by atoms with E-state index in [0.717, 1.165) is 10.0 Å². The molecule has 4 nitrogen and oxygen atoms in total. The molecule has 2 aromatic rings. The number of benzene rings is 2. The number of nitrogens with one attached hydrogen (secondary N) is 1. The molecule has 2 aromatic carbocycles. The molecule has 2 rings (SSSR count). The summed E-state index contributed by atoms with van der Waals surface area (Å²) in [5, 5.41) is 12.2. The molecule has 19 heavy (non-hydrogen) atoms. The average Bonchev–Trinajstić information content (AvgIpc) is 2.39. The van der Waals surface area contributed by atoms with E-state index in [1.807, 2.05) is 24.3 Å². The van der Waals surface area contributed by atoms with Crippen molar-refractivity contribution in [2.45, 2.75) is 6.54 Å². The predicted molar refractivity (Wildman–Crippen MR) is 79.3 cm³/mol. The highest BCUT2D eigenvalue weighted by atomic mass is 79.9. The van der Waals surface area contributed by atoms with E-state index in [9.17, 15) is 4.79 Å². The van der Waals surface area contributed by atoms with Crippen molar-refractivity contribution in [1.29, 1.82) is 0 Å². The molecule has 0 bridgehead atoms. The Balaban J connectivity index is 2.19. The Labute approximate surface area is 119 Å². The minimum Gasteiger partial charge on any atom is -0.478 e. The van der Waals surface area contributed by atoms with E-state index in [-0.39, 0.29) is 5.56 Å². The third-order valence-corrected chi connectivity index (χ3v) is 3.24. The maximum Gasteiger partial charge on any atom is 0.337 e. The Morgan fingerprint density at radius 1 is 1.21 bits per heavy atom. The molecule has 0 saturated heterocycles. The number of carboxylic acid groups (broad SMARTS) is 1. The van der Waals surface area contributed by atoms with Crippen molar-refractivity contribution in [2.24, 2.45) is 0 Å². The number of halogens is 1. The maximum atomic E-state index is 11.1. The number of hydrogen-bond donors (Lipinski definition) is 3. The van der Waals surface area contributed by atoms with Gasteiger partial charge < -0.3 is 16.2 Å². The van der Waals surface area contributed by atoms with E-state index in [1.165, 1.54) is 6.07 Å². The monoisotopic (exact) mass is 320 g/mol. The van der Waals surface area contributed by atoms with Crippen LogP contribution >= 0.6 is 15.9 Å². The molecule has 0 amide bonds. The second kappa shape index (κ2) is 5.75. The van der Waals surface area contributed by atoms with E-state index in [0.29, 0.717) is 17.9 Å². The quantitative estimate of drug-likeness (QED) is 0.755. The van der Waals surface area contributed by atoms with E-state index in [4.69, 9.17) is 10.8 Å². The third kappa shape index (κ3) is 3.26. The van der Waals surface area contributed by atoms with Crippen LogP contribution in [0.5, 0.6) is 0 Å². The summed E-state index contributed by atoms with van der Waals surface area (Å²) in [6.45, 7) is 0.516. The number of aromatic carboxylic acids is 1. The second-order valence-electron chi connectivity index (χ2n) is 4.05. The van der Waals surface area contributed by atoms with Crippen molar-refractivity contribution < 1.29 is 9.90 Å². The van der Waals surface area contributed by atoms with E-state index in [2.05, 4.69) is 21.2 Å². The van der Waals surface area contributed by atoms with Gasteiger partial charge in [0, 0.05) is 11.0 Å². The van der Waals surface area contributed by atoms with Crippen LogP contribution in [0.2, 0.25) is 0 Å². The Hall–Kier alpha value is -2.01. The lowest BCUT2D eigenvalue weighted by Crippen LogP contribution is -2.08. The molecule has 0 aliphatic rings. The molecule has 0 spiro atoms. The van der Waals surface area contributed by atoms with Crippen LogP contribution in [-0.4, -0.2) is 11.1 Å². The lowest BCUT2D eigenvalue weighted by Gasteiger charge is -2.12. The lowest BCUT2D eigenvalue weighted by molar-refractivity contribution is 0.0698. The molecule has 0 fully saturated rings. The molecule has 5 heteroatoms. The highest BCUT2D eigenvalue weighted by Crippen LogP contribution is 2.24. The van der Waals surface area contributed by atoms with Crippen molar-refractivity contribution in [2.75, 3.05) is 11.1 Å². The summed E-state index contributed by atoms with van der Waals surface area (Å²) in [5.41, 5.74) is 7.92. The summed E-state index contributed by atoms with van der Waals surface area (Å²) in [5.74, 6) is -0.995. The minimum absolute atomic E-state index is 0.178. The van der Waals surface area contributed by atoms with Crippen LogP contribution in [0.25, 0.3) is 0 Å². The van der Waals surface area contributed by atoms with Gasteiger partial charge in [0.05, 0.1) is 16.9 Å². The first-order valence-corrected chi connectivity index (χ1v) is 6.47. The molecule has 0 unspecified atom stereocenters. The van der Waals surface area contributed by atoms with Gasteiger partial charge in [0.1, 0.15) is 0 Å². The zero-order valence-corrected chi connectivity index (χ0v) is 11.6. The first kappa shape index (κ1) is 13.4. The number of nitrogens with two attached hydrogens (primary N) is 1. The summed E-state index contributed by atoms with van der Waals surface area (Å²) < 4.78 is 1.00. The number of carbonyl (C=O) groups is 1. The lowest BCUT2D eigenvalue weighted by atomic mass is 10.1. The van der Waals surface area contributed by atoms with Crippen molar-refractivity contribution in [1.82, 2.24) is 0 Å². The van der Waals surface area contributed by atoms with E-state index in [1.54, 1.807) is 12.1 Å². The van der Waals surface area contributed by atoms with Gasteiger partial charge in [0.2, 0.25) is 0 Å². The smallest absolute Gasteiger partial charge is 0.337 e. The average molecular weight is 321 g/mol. The molecule has 0 atom stereocenters. The maximum absolute atomic E-state index is 11.1. The van der Waals surface area contributed by atoms with Gasteiger partial charge in [-0.05, 0) is 29.8 Å². The molecule has 4 N–H and O–H groups in total. The summed E-state index contributed by atoms with van der Waals surface area (Å²) in [6.07, 6.45) is 0. The zero-order chi connectivity index (χ0) is 13.8. The molecule has 98 valence electrons. The number of para-hydroxylation sites is 1. The van der Waals surface area contributed by atoms with Crippen molar-refractivity contribution in [3.8, 4) is 0 Å². The van der Waals surface area contributed by atoms with Crippen LogP contribution in [0.3, 0.4) is 0 Å². The molecule has 0 saturated carbocycles. The highest BCUT2D eigenvalue weighted by Gasteiger charge is 2.11.